The van der Waals surface area contributed by atoms with Gasteiger partial charge in [-0.05, 0) is 18.2 Å². The second-order valence-corrected chi connectivity index (χ2v) is 4.15. The molecule has 0 aromatic carbocycles. The Morgan fingerprint density at radius 1 is 1.05 bits per heavy atom. The van der Waals surface area contributed by atoms with Crippen LogP contribution in [-0.2, 0) is 6.18 Å². The topological polar surface area (TPSA) is 56.5 Å². The van der Waals surface area contributed by atoms with Crippen molar-refractivity contribution < 1.29 is 13.2 Å². The van der Waals surface area contributed by atoms with Crippen molar-refractivity contribution in [3.8, 4) is 17.1 Å². The Hall–Kier alpha value is -2.77. The molecule has 0 atom stereocenters. The van der Waals surface area contributed by atoms with Gasteiger partial charge < -0.3 is 0 Å². The molecule has 0 N–H and O–H groups in total. The van der Waals surface area contributed by atoms with E-state index in [0.29, 0.717) is 11.3 Å². The summed E-state index contributed by atoms with van der Waals surface area (Å²) in [6, 6.07) is 4.34. The molecule has 0 bridgehead atoms. The van der Waals surface area contributed by atoms with Gasteiger partial charge in [0.2, 0.25) is 0 Å². The highest BCUT2D eigenvalue weighted by atomic mass is 19.4. The van der Waals surface area contributed by atoms with Crippen molar-refractivity contribution in [3.63, 3.8) is 0 Å². The van der Waals surface area contributed by atoms with Gasteiger partial charge in [0.15, 0.2) is 5.82 Å². The zero-order chi connectivity index (χ0) is 14.9. The fourth-order valence-corrected chi connectivity index (χ4v) is 1.72. The van der Waals surface area contributed by atoms with Crippen molar-refractivity contribution in [1.82, 2.24) is 24.7 Å². The fourth-order valence-electron chi connectivity index (χ4n) is 1.72. The van der Waals surface area contributed by atoms with Crippen LogP contribution in [0.4, 0.5) is 13.2 Å². The van der Waals surface area contributed by atoms with Crippen LogP contribution in [0.15, 0.2) is 49.2 Å². The van der Waals surface area contributed by atoms with Crippen LogP contribution in [-0.4, -0.2) is 24.7 Å². The lowest BCUT2D eigenvalue weighted by Gasteiger charge is -2.05. The normalized spacial score (nSPS) is 11.6. The van der Waals surface area contributed by atoms with Crippen molar-refractivity contribution >= 4 is 0 Å². The van der Waals surface area contributed by atoms with Gasteiger partial charge >= 0.3 is 6.18 Å². The van der Waals surface area contributed by atoms with Gasteiger partial charge in [-0.25, -0.2) is 14.6 Å². The number of alkyl halides is 3. The standard InChI is InChI=1S/C13H8F3N5/c14-13(15,16)11-3-5-18-12(20-11)9-6-19-21(8-9)10-2-1-4-17-7-10/h1-8H. The van der Waals surface area contributed by atoms with Crippen molar-refractivity contribution in [1.29, 1.82) is 0 Å². The van der Waals surface area contributed by atoms with Gasteiger partial charge in [-0.15, -0.1) is 0 Å². The van der Waals surface area contributed by atoms with Crippen LogP contribution in [0.25, 0.3) is 17.1 Å². The van der Waals surface area contributed by atoms with Gasteiger partial charge in [0.25, 0.3) is 0 Å². The molecule has 3 aromatic rings. The molecule has 3 aromatic heterocycles. The molecule has 0 aliphatic heterocycles. The Balaban J connectivity index is 1.97. The van der Waals surface area contributed by atoms with E-state index in [2.05, 4.69) is 20.1 Å². The molecule has 0 aliphatic rings. The lowest BCUT2D eigenvalue weighted by atomic mass is 10.3. The third-order valence-electron chi connectivity index (χ3n) is 2.70. The Morgan fingerprint density at radius 2 is 1.90 bits per heavy atom. The molecule has 0 fully saturated rings. The summed E-state index contributed by atoms with van der Waals surface area (Å²) in [6.45, 7) is 0. The lowest BCUT2D eigenvalue weighted by Crippen LogP contribution is -2.08. The highest BCUT2D eigenvalue weighted by molar-refractivity contribution is 5.53. The number of hydrogen-bond acceptors (Lipinski definition) is 4. The van der Waals surface area contributed by atoms with Crippen LogP contribution in [0.1, 0.15) is 5.69 Å². The van der Waals surface area contributed by atoms with Crippen molar-refractivity contribution in [2.24, 2.45) is 0 Å². The molecule has 0 spiro atoms. The predicted molar refractivity (Wildman–Crippen MR) is 67.4 cm³/mol. The third kappa shape index (κ3) is 2.73. The van der Waals surface area contributed by atoms with Gasteiger partial charge in [0.05, 0.1) is 23.6 Å². The monoisotopic (exact) mass is 291 g/mol. The van der Waals surface area contributed by atoms with E-state index in [0.717, 1.165) is 12.3 Å². The molecule has 3 heterocycles. The lowest BCUT2D eigenvalue weighted by molar-refractivity contribution is -0.141. The zero-order valence-corrected chi connectivity index (χ0v) is 10.5. The number of pyridine rings is 1. The third-order valence-corrected chi connectivity index (χ3v) is 2.70. The SMILES string of the molecule is FC(F)(F)c1ccnc(-c2cnn(-c3cccnc3)c2)n1. The van der Waals surface area contributed by atoms with Crippen molar-refractivity contribution in [2.75, 3.05) is 0 Å². The Kier molecular flexibility index (Phi) is 3.13. The quantitative estimate of drug-likeness (QED) is 0.728. The molecule has 3 rings (SSSR count). The highest BCUT2D eigenvalue weighted by Gasteiger charge is 2.32. The van der Waals surface area contributed by atoms with Gasteiger partial charge in [-0.2, -0.15) is 18.3 Å². The van der Waals surface area contributed by atoms with Gasteiger partial charge in [-0.3, -0.25) is 4.98 Å². The minimum Gasteiger partial charge on any atom is -0.262 e. The number of halogens is 3. The number of aromatic nitrogens is 5. The van der Waals surface area contributed by atoms with Gasteiger partial charge in [0, 0.05) is 18.6 Å². The summed E-state index contributed by atoms with van der Waals surface area (Å²) in [5.74, 6) is -0.0278. The average Bonchev–Trinajstić information content (AvgIpc) is 2.97. The zero-order valence-electron chi connectivity index (χ0n) is 10.5. The van der Waals surface area contributed by atoms with E-state index >= 15 is 0 Å². The van der Waals surface area contributed by atoms with E-state index in [-0.39, 0.29) is 5.82 Å². The number of nitrogens with zero attached hydrogens (tertiary/aromatic N) is 5. The van der Waals surface area contributed by atoms with E-state index in [1.165, 1.54) is 10.9 Å². The van der Waals surface area contributed by atoms with Crippen LogP contribution in [0.3, 0.4) is 0 Å². The smallest absolute Gasteiger partial charge is 0.262 e. The molecule has 0 saturated heterocycles. The highest BCUT2D eigenvalue weighted by Crippen LogP contribution is 2.28. The van der Waals surface area contributed by atoms with Crippen LogP contribution in [0, 0.1) is 0 Å². The maximum absolute atomic E-state index is 12.6. The first-order valence-electron chi connectivity index (χ1n) is 5.90. The summed E-state index contributed by atoms with van der Waals surface area (Å²) in [4.78, 5) is 11.3. The van der Waals surface area contributed by atoms with E-state index in [9.17, 15) is 13.2 Å². The molecule has 0 amide bonds. The Bertz CT molecular complexity index is 752. The fraction of sp³-hybridized carbons (Fsp3) is 0.0769. The first kappa shape index (κ1) is 13.2. The summed E-state index contributed by atoms with van der Waals surface area (Å²) >= 11 is 0. The molecular weight excluding hydrogens is 283 g/mol. The molecule has 5 nitrogen and oxygen atoms in total. The summed E-state index contributed by atoms with van der Waals surface area (Å²) in [5, 5.41) is 4.07. The van der Waals surface area contributed by atoms with Crippen LogP contribution in [0.2, 0.25) is 0 Å². The number of rotatable bonds is 2. The second kappa shape index (κ2) is 4.97. The van der Waals surface area contributed by atoms with E-state index in [1.54, 1.807) is 30.7 Å². The summed E-state index contributed by atoms with van der Waals surface area (Å²) in [7, 11) is 0. The van der Waals surface area contributed by atoms with E-state index in [1.807, 2.05) is 0 Å². The predicted octanol–water partition coefficient (Wildman–Crippen LogP) is 2.74. The first-order valence-corrected chi connectivity index (χ1v) is 5.90. The minimum absolute atomic E-state index is 0.0278. The largest absolute Gasteiger partial charge is 0.433 e. The van der Waals surface area contributed by atoms with Gasteiger partial charge in [0.1, 0.15) is 5.69 Å². The van der Waals surface area contributed by atoms with Crippen molar-refractivity contribution in [2.45, 2.75) is 6.18 Å². The van der Waals surface area contributed by atoms with E-state index in [4.69, 9.17) is 0 Å². The Morgan fingerprint density at radius 3 is 2.62 bits per heavy atom. The van der Waals surface area contributed by atoms with Crippen molar-refractivity contribution in [3.05, 3.63) is 54.9 Å². The summed E-state index contributed by atoms with van der Waals surface area (Å²) < 4.78 is 39.4. The van der Waals surface area contributed by atoms with Crippen LogP contribution >= 0.6 is 0 Å². The average molecular weight is 291 g/mol. The molecule has 0 unspecified atom stereocenters. The summed E-state index contributed by atoms with van der Waals surface area (Å²) in [6.07, 6.45) is 2.73. The first-order chi connectivity index (χ1) is 10.0. The molecule has 106 valence electrons. The Labute approximate surface area is 117 Å². The number of hydrogen-bond donors (Lipinski definition) is 0. The molecule has 0 aliphatic carbocycles. The molecule has 8 heteroatoms. The minimum atomic E-state index is -4.50. The van der Waals surface area contributed by atoms with Gasteiger partial charge in [-0.1, -0.05) is 0 Å². The molecular formula is C13H8F3N5. The molecule has 0 radical (unpaired) electrons. The van der Waals surface area contributed by atoms with E-state index < -0.39 is 11.9 Å². The van der Waals surface area contributed by atoms with Crippen LogP contribution < -0.4 is 0 Å². The molecule has 21 heavy (non-hydrogen) atoms. The maximum atomic E-state index is 12.6. The van der Waals surface area contributed by atoms with Crippen LogP contribution in [0.5, 0.6) is 0 Å². The second-order valence-electron chi connectivity index (χ2n) is 4.15. The summed E-state index contributed by atoms with van der Waals surface area (Å²) in [5.41, 5.74) is 0.0994. The maximum Gasteiger partial charge on any atom is 0.433 e. The molecule has 0 saturated carbocycles.